The minimum atomic E-state index is -3.55. The van der Waals surface area contributed by atoms with E-state index in [0.717, 1.165) is 17.4 Å². The van der Waals surface area contributed by atoms with Crippen molar-refractivity contribution in [1.29, 1.82) is 0 Å². The summed E-state index contributed by atoms with van der Waals surface area (Å²) < 4.78 is 33.7. The van der Waals surface area contributed by atoms with Gasteiger partial charge in [0, 0.05) is 0 Å². The first-order chi connectivity index (χ1) is 11.0. The minimum Gasteiger partial charge on any atom is -0.489 e. The monoisotopic (exact) mass is 332 g/mol. The van der Waals surface area contributed by atoms with Gasteiger partial charge in [-0.05, 0) is 29.7 Å². The molecule has 0 amide bonds. The number of rotatable bonds is 8. The summed E-state index contributed by atoms with van der Waals surface area (Å²) in [4.78, 5) is 0. The standard InChI is InChI=1S/C18H20O4S/c1-3-8-18(22-23(2,19)20)16-11-7-12-17(13-16)21-14-15-9-5-4-6-10-15/h3-7,9-13,18H,1,8,14H2,2H3. The van der Waals surface area contributed by atoms with E-state index in [2.05, 4.69) is 6.58 Å². The molecule has 0 aliphatic carbocycles. The van der Waals surface area contributed by atoms with Crippen molar-refractivity contribution in [3.63, 3.8) is 0 Å². The van der Waals surface area contributed by atoms with E-state index in [1.54, 1.807) is 12.1 Å². The Kier molecular flexibility index (Phi) is 5.96. The van der Waals surface area contributed by atoms with E-state index in [1.165, 1.54) is 0 Å². The van der Waals surface area contributed by atoms with Gasteiger partial charge in [-0.1, -0.05) is 48.5 Å². The van der Waals surface area contributed by atoms with E-state index >= 15 is 0 Å². The second kappa shape index (κ2) is 7.94. The molecule has 0 aromatic heterocycles. The Morgan fingerprint density at radius 1 is 1.13 bits per heavy atom. The van der Waals surface area contributed by atoms with Crippen LogP contribution in [0.5, 0.6) is 5.75 Å². The fourth-order valence-corrected chi connectivity index (χ4v) is 2.75. The first kappa shape index (κ1) is 17.2. The summed E-state index contributed by atoms with van der Waals surface area (Å²) >= 11 is 0. The third kappa shape index (κ3) is 5.88. The van der Waals surface area contributed by atoms with Crippen molar-refractivity contribution in [2.24, 2.45) is 0 Å². The summed E-state index contributed by atoms with van der Waals surface area (Å²) in [5.74, 6) is 0.664. The molecule has 122 valence electrons. The van der Waals surface area contributed by atoms with E-state index in [1.807, 2.05) is 48.5 Å². The maximum Gasteiger partial charge on any atom is 0.264 e. The molecule has 4 nitrogen and oxygen atoms in total. The lowest BCUT2D eigenvalue weighted by Gasteiger charge is -2.16. The van der Waals surface area contributed by atoms with Crippen LogP contribution in [0.4, 0.5) is 0 Å². The van der Waals surface area contributed by atoms with Crippen molar-refractivity contribution in [1.82, 2.24) is 0 Å². The Balaban J connectivity index is 2.12. The van der Waals surface area contributed by atoms with Gasteiger partial charge in [-0.2, -0.15) is 8.42 Å². The molecule has 2 rings (SSSR count). The van der Waals surface area contributed by atoms with Gasteiger partial charge >= 0.3 is 0 Å². The molecule has 0 radical (unpaired) electrons. The fourth-order valence-electron chi connectivity index (χ4n) is 2.14. The highest BCUT2D eigenvalue weighted by atomic mass is 32.2. The van der Waals surface area contributed by atoms with Crippen LogP contribution in [0.1, 0.15) is 23.7 Å². The van der Waals surface area contributed by atoms with Gasteiger partial charge in [0.15, 0.2) is 0 Å². The van der Waals surface area contributed by atoms with Crippen molar-refractivity contribution < 1.29 is 17.3 Å². The molecule has 5 heteroatoms. The van der Waals surface area contributed by atoms with Gasteiger partial charge in [0.05, 0.1) is 6.26 Å². The maximum atomic E-state index is 11.4. The zero-order valence-corrected chi connectivity index (χ0v) is 13.8. The summed E-state index contributed by atoms with van der Waals surface area (Å²) in [6, 6.07) is 17.1. The van der Waals surface area contributed by atoms with Crippen LogP contribution in [0.3, 0.4) is 0 Å². The molecule has 0 bridgehead atoms. The molecular weight excluding hydrogens is 312 g/mol. The molecule has 0 saturated heterocycles. The summed E-state index contributed by atoms with van der Waals surface area (Å²) in [5, 5.41) is 0. The molecule has 1 atom stereocenters. The molecular formula is C18H20O4S. The summed E-state index contributed by atoms with van der Waals surface area (Å²) in [7, 11) is -3.55. The van der Waals surface area contributed by atoms with Crippen molar-refractivity contribution in [2.45, 2.75) is 19.1 Å². The molecule has 2 aromatic carbocycles. The smallest absolute Gasteiger partial charge is 0.264 e. The molecule has 0 saturated carbocycles. The number of ether oxygens (including phenoxy) is 1. The first-order valence-corrected chi connectivity index (χ1v) is 9.05. The maximum absolute atomic E-state index is 11.4. The lowest BCUT2D eigenvalue weighted by molar-refractivity contribution is 0.218. The van der Waals surface area contributed by atoms with E-state index in [0.29, 0.717) is 18.8 Å². The van der Waals surface area contributed by atoms with E-state index in [-0.39, 0.29) is 0 Å². The zero-order valence-electron chi connectivity index (χ0n) is 13.0. The second-order valence-electron chi connectivity index (χ2n) is 5.16. The van der Waals surface area contributed by atoms with Crippen LogP contribution < -0.4 is 4.74 Å². The normalized spacial score (nSPS) is 12.6. The third-order valence-corrected chi connectivity index (χ3v) is 3.73. The Morgan fingerprint density at radius 2 is 1.87 bits per heavy atom. The highest BCUT2D eigenvalue weighted by Crippen LogP contribution is 2.27. The highest BCUT2D eigenvalue weighted by molar-refractivity contribution is 7.86. The summed E-state index contributed by atoms with van der Waals surface area (Å²) in [5.41, 5.74) is 1.80. The Bertz CT molecular complexity index is 739. The fraction of sp³-hybridized carbons (Fsp3) is 0.222. The molecule has 2 aromatic rings. The van der Waals surface area contributed by atoms with Crippen molar-refractivity contribution in [2.75, 3.05) is 6.26 Å². The van der Waals surface area contributed by atoms with Crippen LogP contribution in [-0.4, -0.2) is 14.7 Å². The molecule has 0 fully saturated rings. The average molecular weight is 332 g/mol. The van der Waals surface area contributed by atoms with Gasteiger partial charge in [-0.15, -0.1) is 6.58 Å². The zero-order chi connectivity index (χ0) is 16.7. The summed E-state index contributed by atoms with van der Waals surface area (Å²) in [6.07, 6.45) is 2.48. The summed E-state index contributed by atoms with van der Waals surface area (Å²) in [6.45, 7) is 4.10. The van der Waals surface area contributed by atoms with Crippen LogP contribution in [0, 0.1) is 0 Å². The van der Waals surface area contributed by atoms with Gasteiger partial charge in [-0.25, -0.2) is 0 Å². The van der Waals surface area contributed by atoms with Crippen LogP contribution in [0.2, 0.25) is 0 Å². The van der Waals surface area contributed by atoms with Crippen molar-refractivity contribution in [3.05, 3.63) is 78.4 Å². The predicted octanol–water partition coefficient (Wildman–Crippen LogP) is 3.86. The SMILES string of the molecule is C=CCC(OS(C)(=O)=O)c1cccc(OCc2ccccc2)c1. The highest BCUT2D eigenvalue weighted by Gasteiger charge is 2.17. The van der Waals surface area contributed by atoms with Crippen molar-refractivity contribution in [3.8, 4) is 5.75 Å². The van der Waals surface area contributed by atoms with Gasteiger partial charge in [0.2, 0.25) is 0 Å². The van der Waals surface area contributed by atoms with Crippen LogP contribution in [0.25, 0.3) is 0 Å². The van der Waals surface area contributed by atoms with E-state index in [4.69, 9.17) is 8.92 Å². The molecule has 0 spiro atoms. The Hall–Kier alpha value is -2.11. The average Bonchev–Trinajstić information content (AvgIpc) is 2.53. The van der Waals surface area contributed by atoms with Gasteiger partial charge in [0.1, 0.15) is 18.5 Å². The lowest BCUT2D eigenvalue weighted by atomic mass is 10.1. The number of benzene rings is 2. The Labute approximate surface area is 137 Å². The Morgan fingerprint density at radius 3 is 2.52 bits per heavy atom. The first-order valence-electron chi connectivity index (χ1n) is 7.24. The van der Waals surface area contributed by atoms with Gasteiger partial charge < -0.3 is 4.74 Å². The molecule has 0 N–H and O–H groups in total. The molecule has 0 aliphatic rings. The lowest BCUT2D eigenvalue weighted by Crippen LogP contribution is -2.10. The number of hydrogen-bond donors (Lipinski definition) is 0. The van der Waals surface area contributed by atoms with Crippen molar-refractivity contribution >= 4 is 10.1 Å². The molecule has 23 heavy (non-hydrogen) atoms. The van der Waals surface area contributed by atoms with Crippen LogP contribution in [-0.2, 0) is 20.9 Å². The van der Waals surface area contributed by atoms with Gasteiger partial charge in [-0.3, -0.25) is 4.18 Å². The topological polar surface area (TPSA) is 52.6 Å². The molecule has 1 unspecified atom stereocenters. The minimum absolute atomic E-state index is 0.398. The van der Waals surface area contributed by atoms with Crippen LogP contribution >= 0.6 is 0 Å². The molecule has 0 heterocycles. The number of hydrogen-bond acceptors (Lipinski definition) is 4. The third-order valence-electron chi connectivity index (χ3n) is 3.15. The second-order valence-corrected chi connectivity index (χ2v) is 6.76. The van der Waals surface area contributed by atoms with E-state index in [9.17, 15) is 8.42 Å². The van der Waals surface area contributed by atoms with Crippen LogP contribution in [0.15, 0.2) is 67.3 Å². The molecule has 0 aliphatic heterocycles. The predicted molar refractivity (Wildman–Crippen MR) is 90.7 cm³/mol. The largest absolute Gasteiger partial charge is 0.489 e. The van der Waals surface area contributed by atoms with E-state index < -0.39 is 16.2 Å². The van der Waals surface area contributed by atoms with Gasteiger partial charge in [0.25, 0.3) is 10.1 Å². The quantitative estimate of drug-likeness (QED) is 0.544.